The molecule has 0 aliphatic rings. The Morgan fingerprint density at radius 3 is 2.23 bits per heavy atom. The van der Waals surface area contributed by atoms with E-state index in [9.17, 15) is 14.4 Å². The number of hydrogen-bond acceptors (Lipinski definition) is 5. The Morgan fingerprint density at radius 2 is 1.51 bits per heavy atom. The molecule has 0 aliphatic heterocycles. The van der Waals surface area contributed by atoms with Gasteiger partial charge in [0.2, 0.25) is 11.8 Å². The zero-order valence-electron chi connectivity index (χ0n) is 20.1. The molecular formula is C26H34N4O4S. The molecule has 0 radical (unpaired) electrons. The molecule has 3 amide bonds. The predicted molar refractivity (Wildman–Crippen MR) is 140 cm³/mol. The lowest BCUT2D eigenvalue weighted by Crippen LogP contribution is -2.48. The van der Waals surface area contributed by atoms with Gasteiger partial charge in [-0.3, -0.25) is 30.6 Å². The Hall–Kier alpha value is -3.46. The molecule has 0 saturated heterocycles. The highest BCUT2D eigenvalue weighted by Crippen LogP contribution is 2.13. The first-order valence-electron chi connectivity index (χ1n) is 11.9. The number of amides is 3. The topological polar surface area (TPSA) is 109 Å². The zero-order chi connectivity index (χ0) is 25.3. The van der Waals surface area contributed by atoms with Crippen LogP contribution in [0.5, 0.6) is 5.75 Å². The highest BCUT2D eigenvalue weighted by atomic mass is 32.1. The van der Waals surface area contributed by atoms with E-state index < -0.39 is 11.8 Å². The molecule has 0 saturated carbocycles. The molecule has 4 N–H and O–H groups in total. The van der Waals surface area contributed by atoms with Gasteiger partial charge in [0, 0.05) is 24.9 Å². The molecule has 0 heterocycles. The summed E-state index contributed by atoms with van der Waals surface area (Å²) in [5, 5.41) is 5.20. The molecule has 9 heteroatoms. The van der Waals surface area contributed by atoms with Gasteiger partial charge in [-0.05, 0) is 48.5 Å². The van der Waals surface area contributed by atoms with Crippen LogP contribution in [0.1, 0.15) is 67.8 Å². The summed E-state index contributed by atoms with van der Waals surface area (Å²) < 4.78 is 5.70. The smallest absolute Gasteiger partial charge is 0.257 e. The number of benzene rings is 2. The largest absolute Gasteiger partial charge is 0.494 e. The zero-order valence-corrected chi connectivity index (χ0v) is 20.9. The summed E-state index contributed by atoms with van der Waals surface area (Å²) in [6.45, 7) is 3.24. The third-order valence-corrected chi connectivity index (χ3v) is 5.29. The van der Waals surface area contributed by atoms with Gasteiger partial charge in [0.1, 0.15) is 5.75 Å². The molecule has 2 rings (SSSR count). The van der Waals surface area contributed by atoms with Crippen molar-refractivity contribution in [3.05, 3.63) is 65.7 Å². The quantitative estimate of drug-likeness (QED) is 0.190. The Balaban J connectivity index is 1.60. The third kappa shape index (κ3) is 12.0. The summed E-state index contributed by atoms with van der Waals surface area (Å²) in [6, 6.07) is 16.3. The Morgan fingerprint density at radius 1 is 0.829 bits per heavy atom. The first-order valence-corrected chi connectivity index (χ1v) is 12.3. The number of hydrogen-bond donors (Lipinski definition) is 4. The third-order valence-electron chi connectivity index (χ3n) is 5.09. The van der Waals surface area contributed by atoms with E-state index in [2.05, 4.69) is 28.4 Å². The summed E-state index contributed by atoms with van der Waals surface area (Å²) >= 11 is 5.04. The second-order valence-corrected chi connectivity index (χ2v) is 8.41. The minimum Gasteiger partial charge on any atom is -0.494 e. The summed E-state index contributed by atoms with van der Waals surface area (Å²) in [5.41, 5.74) is 6.23. The van der Waals surface area contributed by atoms with Crippen LogP contribution in [-0.4, -0.2) is 29.4 Å². The van der Waals surface area contributed by atoms with Crippen molar-refractivity contribution < 1.29 is 19.1 Å². The second-order valence-electron chi connectivity index (χ2n) is 8.01. The van der Waals surface area contributed by atoms with Crippen LogP contribution in [0.3, 0.4) is 0 Å². The maximum atomic E-state index is 12.3. The van der Waals surface area contributed by atoms with Crippen molar-refractivity contribution in [1.29, 1.82) is 0 Å². The van der Waals surface area contributed by atoms with E-state index in [0.717, 1.165) is 18.4 Å². The Bertz CT molecular complexity index is 952. The van der Waals surface area contributed by atoms with E-state index in [-0.39, 0.29) is 23.9 Å². The van der Waals surface area contributed by atoms with Gasteiger partial charge >= 0.3 is 0 Å². The summed E-state index contributed by atoms with van der Waals surface area (Å²) in [6.07, 6.45) is 5.85. The number of hydrazine groups is 1. The van der Waals surface area contributed by atoms with Crippen LogP contribution in [0, 0.1) is 0 Å². The molecule has 0 unspecified atom stereocenters. The molecule has 0 bridgehead atoms. The van der Waals surface area contributed by atoms with Gasteiger partial charge in [0.15, 0.2) is 5.11 Å². The van der Waals surface area contributed by atoms with E-state index in [1.165, 1.54) is 19.3 Å². The van der Waals surface area contributed by atoms with Crippen molar-refractivity contribution in [2.75, 3.05) is 6.61 Å². The van der Waals surface area contributed by atoms with Crippen LogP contribution in [-0.2, 0) is 16.1 Å². The lowest BCUT2D eigenvalue weighted by Gasteiger charge is -2.11. The molecule has 0 aromatic heterocycles. The van der Waals surface area contributed by atoms with Crippen LogP contribution >= 0.6 is 12.2 Å². The standard InChI is InChI=1S/C26H34N4O4S/c1-2-3-4-5-9-18-34-22-14-12-21(13-15-22)25(33)28-26(35)30-29-24(32)17-16-23(31)27-19-20-10-7-6-8-11-20/h6-8,10-15H,2-5,9,16-19H2,1H3,(H,27,31)(H,29,32)(H2,28,30,33,35). The predicted octanol–water partition coefficient (Wildman–Crippen LogP) is 3.77. The van der Waals surface area contributed by atoms with Crippen molar-refractivity contribution >= 4 is 35.1 Å². The molecule has 0 aliphatic carbocycles. The summed E-state index contributed by atoms with van der Waals surface area (Å²) in [7, 11) is 0. The molecule has 8 nitrogen and oxygen atoms in total. The van der Waals surface area contributed by atoms with Crippen molar-refractivity contribution in [3.63, 3.8) is 0 Å². The highest BCUT2D eigenvalue weighted by molar-refractivity contribution is 7.80. The minimum atomic E-state index is -0.423. The second kappa shape index (κ2) is 16.2. The Kier molecular flexibility index (Phi) is 12.9. The molecule has 0 atom stereocenters. The number of nitrogens with one attached hydrogen (secondary N) is 4. The SMILES string of the molecule is CCCCCCCOc1ccc(C(=O)NC(=S)NNC(=O)CCC(=O)NCc2ccccc2)cc1. The van der Waals surface area contributed by atoms with E-state index >= 15 is 0 Å². The number of ether oxygens (including phenoxy) is 1. The maximum Gasteiger partial charge on any atom is 0.257 e. The fourth-order valence-corrected chi connectivity index (χ4v) is 3.25. The first kappa shape index (κ1) is 27.8. The van der Waals surface area contributed by atoms with E-state index in [0.29, 0.717) is 24.5 Å². The number of thiocarbonyl (C=S) groups is 1. The molecule has 0 fully saturated rings. The van der Waals surface area contributed by atoms with Crippen molar-refractivity contribution in [2.45, 2.75) is 58.4 Å². The van der Waals surface area contributed by atoms with E-state index in [1.807, 2.05) is 30.3 Å². The Labute approximate surface area is 212 Å². The van der Waals surface area contributed by atoms with Crippen LogP contribution in [0.15, 0.2) is 54.6 Å². The monoisotopic (exact) mass is 498 g/mol. The lowest BCUT2D eigenvalue weighted by atomic mass is 10.2. The van der Waals surface area contributed by atoms with Gasteiger partial charge in [-0.15, -0.1) is 0 Å². The normalized spacial score (nSPS) is 10.2. The van der Waals surface area contributed by atoms with Gasteiger partial charge in [-0.2, -0.15) is 0 Å². The average molecular weight is 499 g/mol. The number of rotatable bonds is 13. The van der Waals surface area contributed by atoms with Crippen LogP contribution < -0.4 is 26.2 Å². The number of carbonyl (C=O) groups excluding carboxylic acids is 3. The van der Waals surface area contributed by atoms with Crippen LogP contribution in [0.25, 0.3) is 0 Å². The van der Waals surface area contributed by atoms with Crippen LogP contribution in [0.2, 0.25) is 0 Å². The van der Waals surface area contributed by atoms with Crippen molar-refractivity contribution in [2.24, 2.45) is 0 Å². The first-order chi connectivity index (χ1) is 17.0. The highest BCUT2D eigenvalue weighted by Gasteiger charge is 2.10. The van der Waals surface area contributed by atoms with Gasteiger partial charge in [0.25, 0.3) is 5.91 Å². The fourth-order valence-electron chi connectivity index (χ4n) is 3.11. The summed E-state index contributed by atoms with van der Waals surface area (Å²) in [4.78, 5) is 36.2. The van der Waals surface area contributed by atoms with E-state index in [1.54, 1.807) is 24.3 Å². The van der Waals surface area contributed by atoms with Gasteiger partial charge in [-0.25, -0.2) is 0 Å². The van der Waals surface area contributed by atoms with Crippen molar-refractivity contribution in [3.8, 4) is 5.75 Å². The number of unbranched alkanes of at least 4 members (excludes halogenated alkanes) is 4. The minimum absolute atomic E-state index is 0.0236. The fraction of sp³-hybridized carbons (Fsp3) is 0.385. The van der Waals surface area contributed by atoms with Crippen molar-refractivity contribution in [1.82, 2.24) is 21.5 Å². The van der Waals surface area contributed by atoms with Crippen LogP contribution in [0.4, 0.5) is 0 Å². The molecule has 2 aromatic rings. The van der Waals surface area contributed by atoms with Gasteiger partial charge in [0.05, 0.1) is 6.61 Å². The summed E-state index contributed by atoms with van der Waals surface area (Å²) in [5.74, 6) is -0.363. The van der Waals surface area contributed by atoms with Gasteiger partial charge < -0.3 is 10.1 Å². The maximum absolute atomic E-state index is 12.3. The van der Waals surface area contributed by atoms with E-state index in [4.69, 9.17) is 17.0 Å². The average Bonchev–Trinajstić information content (AvgIpc) is 2.88. The molecular weight excluding hydrogens is 464 g/mol. The van der Waals surface area contributed by atoms with Gasteiger partial charge in [-0.1, -0.05) is 62.9 Å². The lowest BCUT2D eigenvalue weighted by molar-refractivity contribution is -0.126. The molecule has 2 aromatic carbocycles. The number of carbonyl (C=O) groups is 3. The molecule has 35 heavy (non-hydrogen) atoms. The molecule has 188 valence electrons. The molecule has 0 spiro atoms.